The van der Waals surface area contributed by atoms with Gasteiger partial charge < -0.3 is 19.7 Å². The van der Waals surface area contributed by atoms with Gasteiger partial charge in [0.05, 0.1) is 22.6 Å². The number of aromatic carboxylic acids is 1. The maximum absolute atomic E-state index is 13.8. The van der Waals surface area contributed by atoms with E-state index in [4.69, 9.17) is 4.42 Å². The maximum atomic E-state index is 13.8. The summed E-state index contributed by atoms with van der Waals surface area (Å²) in [6.07, 6.45) is 4.18. The van der Waals surface area contributed by atoms with Crippen LogP contribution < -0.4 is 15.6 Å². The fourth-order valence-electron chi connectivity index (χ4n) is 5.19. The van der Waals surface area contributed by atoms with Crippen LogP contribution in [0.3, 0.4) is 0 Å². The molecule has 35 heavy (non-hydrogen) atoms. The van der Waals surface area contributed by atoms with Crippen molar-refractivity contribution in [3.05, 3.63) is 68.9 Å². The molecule has 0 radical (unpaired) electrons. The van der Waals surface area contributed by atoms with Gasteiger partial charge in [0.2, 0.25) is 5.88 Å². The number of hydrogen-bond donors (Lipinski definition) is 2. The lowest BCUT2D eigenvalue weighted by molar-refractivity contribution is 0.0698. The van der Waals surface area contributed by atoms with Crippen molar-refractivity contribution in [1.29, 1.82) is 0 Å². The minimum Gasteiger partial charge on any atom is -0.478 e. The Labute approximate surface area is 205 Å². The van der Waals surface area contributed by atoms with Crippen molar-refractivity contribution in [3.8, 4) is 0 Å². The molecule has 1 unspecified atom stereocenters. The molecule has 1 saturated heterocycles. The van der Waals surface area contributed by atoms with E-state index in [9.17, 15) is 14.7 Å². The highest BCUT2D eigenvalue weighted by Gasteiger charge is 2.36. The molecule has 2 fully saturated rings. The normalized spacial score (nSPS) is 18.5. The second-order valence-corrected chi connectivity index (χ2v) is 11.0. The number of nitrogens with zero attached hydrogens (tertiary/aromatic N) is 1. The molecule has 1 aromatic heterocycles. The molecule has 184 valence electrons. The van der Waals surface area contributed by atoms with Crippen molar-refractivity contribution < 1.29 is 14.3 Å². The zero-order valence-electron chi connectivity index (χ0n) is 21.0. The molecular formula is C29H34N2O4. The van der Waals surface area contributed by atoms with Gasteiger partial charge in [-0.15, -0.1) is 0 Å². The quantitative estimate of drug-likeness (QED) is 0.426. The summed E-state index contributed by atoms with van der Waals surface area (Å²) in [5.41, 5.74) is 4.40. The summed E-state index contributed by atoms with van der Waals surface area (Å²) >= 11 is 0. The molecule has 2 heterocycles. The number of rotatable bonds is 6. The average Bonchev–Trinajstić information content (AvgIpc) is 3.64. The molecule has 1 saturated carbocycles. The Hall–Kier alpha value is -3.28. The molecule has 3 aromatic rings. The smallest absolute Gasteiger partial charge is 0.337 e. The van der Waals surface area contributed by atoms with Crippen LogP contribution in [0.2, 0.25) is 0 Å². The zero-order valence-corrected chi connectivity index (χ0v) is 21.0. The van der Waals surface area contributed by atoms with Gasteiger partial charge >= 0.3 is 5.97 Å². The Balaban J connectivity index is 1.62. The number of fused-ring (bicyclic) bond motifs is 1. The van der Waals surface area contributed by atoms with Crippen LogP contribution in [0, 0.1) is 12.3 Å². The minimum atomic E-state index is -0.981. The Morgan fingerprint density at radius 2 is 1.86 bits per heavy atom. The van der Waals surface area contributed by atoms with Gasteiger partial charge in [0.1, 0.15) is 5.58 Å². The van der Waals surface area contributed by atoms with Gasteiger partial charge in [-0.1, -0.05) is 32.0 Å². The van der Waals surface area contributed by atoms with E-state index in [1.54, 1.807) is 18.2 Å². The van der Waals surface area contributed by atoms with Crippen molar-refractivity contribution in [2.45, 2.75) is 65.3 Å². The number of aryl methyl sites for hydroxylation is 1. The van der Waals surface area contributed by atoms with Crippen LogP contribution in [-0.2, 0) is 0 Å². The first-order chi connectivity index (χ1) is 16.6. The lowest BCUT2D eigenvalue weighted by Gasteiger charge is -2.38. The number of nitrogens with one attached hydrogen (secondary N) is 1. The number of carboxylic acids is 1. The van der Waals surface area contributed by atoms with Gasteiger partial charge in [-0.3, -0.25) is 4.79 Å². The van der Waals surface area contributed by atoms with Crippen molar-refractivity contribution in [3.63, 3.8) is 0 Å². The number of hydrogen-bond acceptors (Lipinski definition) is 5. The molecule has 0 spiro atoms. The van der Waals surface area contributed by atoms with E-state index < -0.39 is 5.97 Å². The SMILES string of the molecule is Cc1cc(C(C)Nc2ccccc2C(=O)O)c2oc(N3CCC(C)(C)CC3)c(C3CC3)c(=O)c2c1. The first-order valence-electron chi connectivity index (χ1n) is 12.6. The fraction of sp³-hybridized carbons (Fsp3) is 0.448. The fourth-order valence-corrected chi connectivity index (χ4v) is 5.19. The topological polar surface area (TPSA) is 82.8 Å². The lowest BCUT2D eigenvalue weighted by Crippen LogP contribution is -2.38. The third-order valence-electron chi connectivity index (χ3n) is 7.57. The second kappa shape index (κ2) is 8.74. The first-order valence-corrected chi connectivity index (χ1v) is 12.6. The lowest BCUT2D eigenvalue weighted by atomic mass is 9.82. The molecule has 2 aromatic carbocycles. The number of para-hydroxylation sites is 1. The van der Waals surface area contributed by atoms with Crippen molar-refractivity contribution in [1.82, 2.24) is 0 Å². The van der Waals surface area contributed by atoms with Crippen LogP contribution >= 0.6 is 0 Å². The van der Waals surface area contributed by atoms with Crippen molar-refractivity contribution >= 4 is 28.5 Å². The Kier molecular flexibility index (Phi) is 5.86. The van der Waals surface area contributed by atoms with Gasteiger partial charge in [0, 0.05) is 24.3 Å². The van der Waals surface area contributed by atoms with Gasteiger partial charge in [-0.25, -0.2) is 4.79 Å². The Morgan fingerprint density at radius 1 is 1.17 bits per heavy atom. The summed E-state index contributed by atoms with van der Waals surface area (Å²) in [4.78, 5) is 27.8. The molecule has 2 aliphatic rings. The van der Waals surface area contributed by atoms with E-state index in [2.05, 4.69) is 24.1 Å². The molecule has 0 bridgehead atoms. The highest BCUT2D eigenvalue weighted by Crippen LogP contribution is 2.45. The summed E-state index contributed by atoms with van der Waals surface area (Å²) < 4.78 is 6.68. The van der Waals surface area contributed by atoms with Gasteiger partial charge in [-0.05, 0) is 74.6 Å². The van der Waals surface area contributed by atoms with Gasteiger partial charge in [0.15, 0.2) is 5.43 Å². The van der Waals surface area contributed by atoms with Gasteiger partial charge in [0.25, 0.3) is 0 Å². The first kappa shape index (κ1) is 23.5. The number of benzene rings is 2. The van der Waals surface area contributed by atoms with Crippen LogP contribution in [-0.4, -0.2) is 24.2 Å². The molecule has 1 aliphatic carbocycles. The predicted molar refractivity (Wildman–Crippen MR) is 140 cm³/mol. The zero-order chi connectivity index (χ0) is 24.9. The summed E-state index contributed by atoms with van der Waals surface area (Å²) in [6, 6.07) is 10.6. The molecule has 0 amide bonds. The van der Waals surface area contributed by atoms with Crippen LogP contribution in [0.15, 0.2) is 45.6 Å². The monoisotopic (exact) mass is 474 g/mol. The summed E-state index contributed by atoms with van der Waals surface area (Å²) in [6.45, 7) is 10.3. The van der Waals surface area contributed by atoms with E-state index in [-0.39, 0.29) is 23.0 Å². The number of piperidine rings is 1. The molecule has 1 aliphatic heterocycles. The predicted octanol–water partition coefficient (Wildman–Crippen LogP) is 6.48. The largest absolute Gasteiger partial charge is 0.478 e. The average molecular weight is 475 g/mol. The highest BCUT2D eigenvalue weighted by atomic mass is 16.4. The molecule has 2 N–H and O–H groups in total. The molecule has 6 heteroatoms. The number of carboxylic acid groups (broad SMARTS) is 1. The van der Waals surface area contributed by atoms with E-state index >= 15 is 0 Å². The van der Waals surface area contributed by atoms with Crippen LogP contribution in [0.4, 0.5) is 11.6 Å². The van der Waals surface area contributed by atoms with Crippen LogP contribution in [0.25, 0.3) is 11.0 Å². The van der Waals surface area contributed by atoms with Crippen molar-refractivity contribution in [2.24, 2.45) is 5.41 Å². The summed E-state index contributed by atoms with van der Waals surface area (Å²) in [5, 5.41) is 13.6. The number of carbonyl (C=O) groups is 1. The maximum Gasteiger partial charge on any atom is 0.337 e. The third kappa shape index (κ3) is 4.54. The van der Waals surface area contributed by atoms with Crippen LogP contribution in [0.5, 0.6) is 0 Å². The van der Waals surface area contributed by atoms with E-state index in [0.717, 1.165) is 61.3 Å². The Morgan fingerprint density at radius 3 is 2.51 bits per heavy atom. The molecule has 6 nitrogen and oxygen atoms in total. The van der Waals surface area contributed by atoms with Crippen molar-refractivity contribution in [2.75, 3.05) is 23.3 Å². The second-order valence-electron chi connectivity index (χ2n) is 11.0. The third-order valence-corrected chi connectivity index (χ3v) is 7.57. The summed E-state index contributed by atoms with van der Waals surface area (Å²) in [7, 11) is 0. The van der Waals surface area contributed by atoms with E-state index in [1.807, 2.05) is 32.0 Å². The summed E-state index contributed by atoms with van der Waals surface area (Å²) in [5.74, 6) is 0.0385. The molecule has 5 rings (SSSR count). The van der Waals surface area contributed by atoms with Crippen LogP contribution in [0.1, 0.15) is 85.5 Å². The minimum absolute atomic E-state index is 0.0802. The molecule has 1 atom stereocenters. The van der Waals surface area contributed by atoms with Gasteiger partial charge in [-0.2, -0.15) is 0 Å². The standard InChI is InChI=1S/C29H34N2O4/c1-17-15-21(18(2)30-23-8-6-5-7-20(23)28(33)34)26-22(16-17)25(32)24(19-9-10-19)27(35-26)31-13-11-29(3,4)12-14-31/h5-8,15-16,18-19,30H,9-14H2,1-4H3,(H,33,34). The molecular weight excluding hydrogens is 440 g/mol. The number of anilines is 2. The van der Waals surface area contributed by atoms with E-state index in [1.165, 1.54) is 0 Å². The Bertz CT molecular complexity index is 1340. The highest BCUT2D eigenvalue weighted by molar-refractivity contribution is 5.94. The van der Waals surface area contributed by atoms with E-state index in [0.29, 0.717) is 22.1 Å².